The maximum Gasteiger partial charge on any atom is 0.488 e. The van der Waals surface area contributed by atoms with Gasteiger partial charge in [-0.25, -0.2) is 0 Å². The van der Waals surface area contributed by atoms with E-state index in [9.17, 15) is 10.0 Å². The van der Waals surface area contributed by atoms with Crippen LogP contribution in [0.5, 0.6) is 0 Å². The average molecular weight is 352 g/mol. The molecule has 0 saturated carbocycles. The van der Waals surface area contributed by atoms with E-state index in [1.54, 1.807) is 6.07 Å². The minimum absolute atomic E-state index is 0.282. The standard InChI is InChI=1S/C24H21BO2/c26-25(27)24-13-7-12-20(17-24)23-15-21(18-8-3-1-4-9-18)14-22(16-23)19-10-5-2-6-11-19/h1-13,15-17,21,26-27H,14H2. The lowest BCUT2D eigenvalue weighted by Crippen LogP contribution is -2.29. The van der Waals surface area contributed by atoms with Crippen LogP contribution in [0.25, 0.3) is 11.1 Å². The Balaban J connectivity index is 1.79. The molecule has 0 amide bonds. The molecular formula is C24H21BO2. The zero-order chi connectivity index (χ0) is 18.6. The summed E-state index contributed by atoms with van der Waals surface area (Å²) in [4.78, 5) is 0. The van der Waals surface area contributed by atoms with Crippen LogP contribution in [0.3, 0.4) is 0 Å². The quantitative estimate of drug-likeness (QED) is 0.697. The van der Waals surface area contributed by atoms with Crippen molar-refractivity contribution in [2.24, 2.45) is 0 Å². The van der Waals surface area contributed by atoms with Crippen LogP contribution in [0.15, 0.2) is 97.1 Å². The second-order valence-electron chi connectivity index (χ2n) is 6.88. The molecule has 2 nitrogen and oxygen atoms in total. The van der Waals surface area contributed by atoms with Crippen molar-refractivity contribution >= 4 is 23.7 Å². The molecule has 1 aliphatic carbocycles. The summed E-state index contributed by atoms with van der Waals surface area (Å²) in [7, 11) is -1.46. The van der Waals surface area contributed by atoms with E-state index in [4.69, 9.17) is 0 Å². The van der Waals surface area contributed by atoms with Crippen molar-refractivity contribution in [2.45, 2.75) is 12.3 Å². The zero-order valence-electron chi connectivity index (χ0n) is 15.0. The SMILES string of the molecule is OB(O)c1cccc(C2=CC(c3ccccc3)CC(c3ccccc3)=C2)c1. The number of hydrogen-bond donors (Lipinski definition) is 2. The molecule has 1 aliphatic rings. The largest absolute Gasteiger partial charge is 0.488 e. The summed E-state index contributed by atoms with van der Waals surface area (Å²) in [6.45, 7) is 0. The van der Waals surface area contributed by atoms with Crippen LogP contribution < -0.4 is 5.46 Å². The maximum atomic E-state index is 9.53. The van der Waals surface area contributed by atoms with Gasteiger partial charge in [0.2, 0.25) is 0 Å². The summed E-state index contributed by atoms with van der Waals surface area (Å²) in [5.41, 5.74) is 6.41. The molecule has 2 N–H and O–H groups in total. The van der Waals surface area contributed by atoms with Gasteiger partial charge in [-0.2, -0.15) is 0 Å². The van der Waals surface area contributed by atoms with Gasteiger partial charge >= 0.3 is 7.12 Å². The zero-order valence-corrected chi connectivity index (χ0v) is 15.0. The second-order valence-corrected chi connectivity index (χ2v) is 6.88. The van der Waals surface area contributed by atoms with E-state index >= 15 is 0 Å². The Morgan fingerprint density at radius 3 is 2.11 bits per heavy atom. The van der Waals surface area contributed by atoms with Gasteiger partial charge in [-0.3, -0.25) is 0 Å². The van der Waals surface area contributed by atoms with Crippen molar-refractivity contribution in [2.75, 3.05) is 0 Å². The fourth-order valence-electron chi connectivity index (χ4n) is 3.63. The minimum atomic E-state index is -1.46. The topological polar surface area (TPSA) is 40.5 Å². The van der Waals surface area contributed by atoms with Crippen LogP contribution in [0.4, 0.5) is 0 Å². The Bertz CT molecular complexity index is 976. The van der Waals surface area contributed by atoms with E-state index in [1.807, 2.05) is 30.3 Å². The summed E-state index contributed by atoms with van der Waals surface area (Å²) < 4.78 is 0. The molecule has 1 unspecified atom stereocenters. The van der Waals surface area contributed by atoms with E-state index in [1.165, 1.54) is 16.7 Å². The molecule has 0 aliphatic heterocycles. The van der Waals surface area contributed by atoms with Gasteiger partial charge in [0, 0.05) is 5.92 Å². The third kappa shape index (κ3) is 3.95. The van der Waals surface area contributed by atoms with Gasteiger partial charge in [0.15, 0.2) is 0 Å². The van der Waals surface area contributed by atoms with Gasteiger partial charge in [0.25, 0.3) is 0 Å². The van der Waals surface area contributed by atoms with Gasteiger partial charge in [0.1, 0.15) is 0 Å². The Morgan fingerprint density at radius 1 is 0.741 bits per heavy atom. The molecule has 0 heterocycles. The summed E-state index contributed by atoms with van der Waals surface area (Å²) in [6, 6.07) is 28.4. The fraction of sp³-hybridized carbons (Fsp3) is 0.0833. The average Bonchev–Trinajstić information content (AvgIpc) is 2.75. The predicted molar refractivity (Wildman–Crippen MR) is 112 cm³/mol. The van der Waals surface area contributed by atoms with Crippen LogP contribution >= 0.6 is 0 Å². The van der Waals surface area contributed by atoms with Crippen LogP contribution in [0, 0.1) is 0 Å². The van der Waals surface area contributed by atoms with Crippen LogP contribution in [-0.4, -0.2) is 17.2 Å². The van der Waals surface area contributed by atoms with Gasteiger partial charge in [-0.05, 0) is 39.7 Å². The molecule has 4 rings (SSSR count). The van der Waals surface area contributed by atoms with Gasteiger partial charge in [-0.15, -0.1) is 0 Å². The summed E-state index contributed by atoms with van der Waals surface area (Å²) in [6.07, 6.45) is 5.45. The molecule has 3 aromatic carbocycles. The molecule has 0 aromatic heterocycles. The number of allylic oxidation sites excluding steroid dienone is 4. The first-order valence-corrected chi connectivity index (χ1v) is 9.20. The van der Waals surface area contributed by atoms with Gasteiger partial charge in [0.05, 0.1) is 0 Å². The van der Waals surface area contributed by atoms with Gasteiger partial charge in [-0.1, -0.05) is 97.1 Å². The monoisotopic (exact) mass is 352 g/mol. The summed E-state index contributed by atoms with van der Waals surface area (Å²) in [5.74, 6) is 0.282. The number of rotatable bonds is 4. The Kier molecular flexibility index (Phi) is 5.06. The third-order valence-corrected chi connectivity index (χ3v) is 5.04. The molecule has 0 radical (unpaired) electrons. The molecule has 0 saturated heterocycles. The van der Waals surface area contributed by atoms with Crippen molar-refractivity contribution in [3.05, 3.63) is 114 Å². The first-order valence-electron chi connectivity index (χ1n) is 9.20. The van der Waals surface area contributed by atoms with Crippen molar-refractivity contribution in [1.29, 1.82) is 0 Å². The van der Waals surface area contributed by atoms with E-state index in [0.717, 1.165) is 17.6 Å². The van der Waals surface area contributed by atoms with E-state index in [-0.39, 0.29) is 5.92 Å². The molecule has 0 spiro atoms. The molecule has 1 atom stereocenters. The van der Waals surface area contributed by atoms with Crippen LogP contribution in [-0.2, 0) is 0 Å². The van der Waals surface area contributed by atoms with Crippen LogP contribution in [0.1, 0.15) is 29.0 Å². The smallest absolute Gasteiger partial charge is 0.423 e. The van der Waals surface area contributed by atoms with Crippen molar-refractivity contribution in [1.82, 2.24) is 0 Å². The van der Waals surface area contributed by atoms with Crippen molar-refractivity contribution in [3.63, 3.8) is 0 Å². The summed E-state index contributed by atoms with van der Waals surface area (Å²) in [5, 5.41) is 19.1. The highest BCUT2D eigenvalue weighted by Gasteiger charge is 2.20. The molecule has 3 heteroatoms. The molecule has 0 fully saturated rings. The third-order valence-electron chi connectivity index (χ3n) is 5.04. The first-order chi connectivity index (χ1) is 13.2. The summed E-state index contributed by atoms with van der Waals surface area (Å²) >= 11 is 0. The maximum absolute atomic E-state index is 9.53. The molecule has 27 heavy (non-hydrogen) atoms. The normalized spacial score (nSPS) is 16.4. The lowest BCUT2D eigenvalue weighted by molar-refractivity contribution is 0.426. The predicted octanol–water partition coefficient (Wildman–Crippen LogP) is 4.02. The van der Waals surface area contributed by atoms with Crippen LogP contribution in [0.2, 0.25) is 0 Å². The minimum Gasteiger partial charge on any atom is -0.423 e. The molecule has 3 aromatic rings. The molecule has 132 valence electrons. The highest BCUT2D eigenvalue weighted by atomic mass is 16.4. The van der Waals surface area contributed by atoms with Crippen molar-refractivity contribution < 1.29 is 10.0 Å². The molecular weight excluding hydrogens is 331 g/mol. The van der Waals surface area contributed by atoms with Crippen molar-refractivity contribution in [3.8, 4) is 0 Å². The first kappa shape index (κ1) is 17.5. The Labute approximate surface area is 160 Å². The molecule has 0 bridgehead atoms. The van der Waals surface area contributed by atoms with E-state index in [2.05, 4.69) is 60.7 Å². The highest BCUT2D eigenvalue weighted by Crippen LogP contribution is 2.38. The van der Waals surface area contributed by atoms with E-state index < -0.39 is 7.12 Å². The second kappa shape index (κ2) is 7.79. The Morgan fingerprint density at radius 2 is 1.41 bits per heavy atom. The number of benzene rings is 3. The van der Waals surface area contributed by atoms with Gasteiger partial charge < -0.3 is 10.0 Å². The van der Waals surface area contributed by atoms with E-state index in [0.29, 0.717) is 5.46 Å². The number of hydrogen-bond acceptors (Lipinski definition) is 2. The lowest BCUT2D eigenvalue weighted by atomic mass is 9.77. The fourth-order valence-corrected chi connectivity index (χ4v) is 3.63. The highest BCUT2D eigenvalue weighted by molar-refractivity contribution is 6.58. The lowest BCUT2D eigenvalue weighted by Gasteiger charge is -2.23. The Hall–Kier alpha value is -2.88.